The number of carbonyl (C=O) groups is 15. The lowest BCUT2D eigenvalue weighted by molar-refractivity contribution is -0.145. The highest BCUT2D eigenvalue weighted by molar-refractivity contribution is 6.00. The van der Waals surface area contributed by atoms with E-state index in [0.29, 0.717) is 0 Å². The van der Waals surface area contributed by atoms with Crippen LogP contribution >= 0.6 is 0 Å². The van der Waals surface area contributed by atoms with E-state index in [1.165, 1.54) is 13.8 Å². The van der Waals surface area contributed by atoms with Crippen molar-refractivity contribution in [1.29, 1.82) is 0 Å². The fourth-order valence-corrected chi connectivity index (χ4v) is 5.48. The minimum absolute atomic E-state index is 0.648. The topological polar surface area (TPSA) is 534 Å². The van der Waals surface area contributed by atoms with Crippen LogP contribution < -0.4 is 48.7 Å². The van der Waals surface area contributed by atoms with Gasteiger partial charge in [-0.15, -0.1) is 0 Å². The third-order valence-corrected chi connectivity index (χ3v) is 8.86. The summed E-state index contributed by atoms with van der Waals surface area (Å²) in [6.45, 7) is 2.66. The Kier molecular flexibility index (Phi) is 25.3. The normalized spacial score (nSPS) is 14.3. The molecule has 31 nitrogen and oxygen atoms in total. The summed E-state index contributed by atoms with van der Waals surface area (Å²) in [5.74, 6) is -23.1. The molecule has 0 aliphatic heterocycles. The molecule has 0 aromatic heterocycles. The van der Waals surface area contributed by atoms with E-state index in [1.54, 1.807) is 0 Å². The van der Waals surface area contributed by atoms with E-state index in [4.69, 9.17) is 26.8 Å². The molecule has 0 rings (SSSR count). The molecule has 0 aliphatic rings. The Labute approximate surface area is 377 Å². The lowest BCUT2D eigenvalue weighted by Gasteiger charge is -2.28. The Bertz CT molecular complexity index is 1930. The Morgan fingerprint density at radius 1 is 0.373 bits per heavy atom. The van der Waals surface area contributed by atoms with Gasteiger partial charge in [0.1, 0.15) is 42.3 Å². The van der Waals surface area contributed by atoms with Gasteiger partial charge in [0.2, 0.25) is 47.3 Å². The molecular formula is C36H53N9O22. The van der Waals surface area contributed by atoms with Crippen LogP contribution in [-0.2, 0) is 71.9 Å². The van der Waals surface area contributed by atoms with Gasteiger partial charge < -0.3 is 84.4 Å². The predicted octanol–water partition coefficient (Wildman–Crippen LogP) is -6.66. The zero-order chi connectivity index (χ0) is 51.9. The second-order valence-corrected chi connectivity index (χ2v) is 14.8. The molecule has 0 aromatic carbocycles. The average molecular weight is 964 g/mol. The molecule has 8 amide bonds. The van der Waals surface area contributed by atoms with Crippen molar-refractivity contribution in [3.63, 3.8) is 0 Å². The van der Waals surface area contributed by atoms with Crippen LogP contribution in [0.4, 0.5) is 0 Å². The highest BCUT2D eigenvalue weighted by Crippen LogP contribution is 2.10. The number of carboxylic acid groups (broad SMARTS) is 7. The lowest BCUT2D eigenvalue weighted by atomic mass is 10.0. The molecule has 0 heterocycles. The van der Waals surface area contributed by atoms with Crippen LogP contribution in [0.1, 0.15) is 78.1 Å². The molecule has 8 atom stereocenters. The lowest BCUT2D eigenvalue weighted by Crippen LogP contribution is -2.61. The van der Waals surface area contributed by atoms with Crippen LogP contribution in [0.5, 0.6) is 0 Å². The molecule has 0 radical (unpaired) electrons. The van der Waals surface area contributed by atoms with E-state index in [-0.39, 0.29) is 0 Å². The highest BCUT2D eigenvalue weighted by Gasteiger charge is 2.37. The number of aliphatic carboxylic acids is 7. The van der Waals surface area contributed by atoms with Gasteiger partial charge in [-0.3, -0.25) is 67.1 Å². The third-order valence-electron chi connectivity index (χ3n) is 8.86. The van der Waals surface area contributed by atoms with E-state index in [2.05, 4.69) is 16.0 Å². The molecule has 0 aromatic rings. The maximum atomic E-state index is 13.7. The van der Waals surface area contributed by atoms with Crippen LogP contribution in [0, 0.1) is 5.92 Å². The summed E-state index contributed by atoms with van der Waals surface area (Å²) >= 11 is 0. The number of rotatable bonds is 33. The molecule has 18 N–H and O–H groups in total. The number of carbonyl (C=O) groups excluding carboxylic acids is 8. The van der Waals surface area contributed by atoms with Gasteiger partial charge in [-0.2, -0.15) is 0 Å². The summed E-state index contributed by atoms with van der Waals surface area (Å²) in [6, 6.07) is -15.5. The molecule has 0 aliphatic carbocycles. The number of carboxylic acids is 7. The molecule has 31 heteroatoms. The van der Waals surface area contributed by atoms with Gasteiger partial charge in [-0.05, 0) is 25.2 Å². The molecule has 67 heavy (non-hydrogen) atoms. The number of primary amides is 1. The first kappa shape index (κ1) is 59.0. The fraction of sp³-hybridized carbons (Fsp3) is 0.583. The van der Waals surface area contributed by atoms with Crippen molar-refractivity contribution in [3.05, 3.63) is 0 Å². The van der Waals surface area contributed by atoms with Gasteiger partial charge in [0.15, 0.2) is 0 Å². The molecule has 0 saturated carbocycles. The quantitative estimate of drug-likeness (QED) is 0.0291. The first-order valence-corrected chi connectivity index (χ1v) is 19.6. The molecule has 0 fully saturated rings. The minimum Gasteiger partial charge on any atom is -0.481 e. The molecule has 374 valence electrons. The molecule has 0 unspecified atom stereocenters. The molecule has 0 spiro atoms. The van der Waals surface area contributed by atoms with Gasteiger partial charge in [-0.1, -0.05) is 13.8 Å². The summed E-state index contributed by atoms with van der Waals surface area (Å²) in [5, 5.41) is 78.5. The van der Waals surface area contributed by atoms with Crippen molar-refractivity contribution in [1.82, 2.24) is 37.2 Å². The SMILES string of the molecule is CC(C)[C@H](NC(=O)[C@H](CC(N)=O)NC(=O)[C@H](CCC(=O)O)NC(=O)[C@@H](N)CC(=O)O)C(=O)N[C@@H](CCC(=O)O)C(=O)N[C@@H](CC(=O)O)C(=O)N[C@@H](CC(=O)O)C(=O)N[C@@H](CCC(=O)O)C(=O)O. The van der Waals surface area contributed by atoms with Crippen LogP contribution in [0.25, 0.3) is 0 Å². The van der Waals surface area contributed by atoms with Crippen LogP contribution in [0.3, 0.4) is 0 Å². The van der Waals surface area contributed by atoms with E-state index in [0.717, 1.165) is 0 Å². The standard InChI is InChI=1S/C36H53N9O22/c1-13(2)28(45-34(64)18(10-21(38)46)42-30(60)15(3-6-22(47)48)39-29(59)14(37)9-25(53)54)35(65)40-16(4-7-23(49)50)31(61)43-20(12-27(57)58)33(63)44-19(11-26(55)56)32(62)41-17(36(66)67)5-8-24(51)52/h13-20,28H,3-12,37H2,1-2H3,(H2,38,46)(H,39,59)(H,40,65)(H,41,62)(H,42,60)(H,43,61)(H,44,63)(H,45,64)(H,47,48)(H,49,50)(H,51,52)(H,53,54)(H,55,56)(H,57,58)(H,66,67)/t14-,15-,16-,17-,18-,19-,20-,28-/m0/s1. The van der Waals surface area contributed by atoms with E-state index in [1.807, 2.05) is 21.3 Å². The summed E-state index contributed by atoms with van der Waals surface area (Å²) in [7, 11) is 0. The van der Waals surface area contributed by atoms with Gasteiger partial charge in [0.25, 0.3) is 0 Å². The highest BCUT2D eigenvalue weighted by atomic mass is 16.4. The molecule has 0 saturated heterocycles. The zero-order valence-corrected chi connectivity index (χ0v) is 35.7. The monoisotopic (exact) mass is 963 g/mol. The summed E-state index contributed by atoms with van der Waals surface area (Å²) in [4.78, 5) is 184. The van der Waals surface area contributed by atoms with Gasteiger partial charge in [0, 0.05) is 19.3 Å². The molecular weight excluding hydrogens is 910 g/mol. The zero-order valence-electron chi connectivity index (χ0n) is 35.7. The number of nitrogens with two attached hydrogens (primary N) is 2. The fourth-order valence-electron chi connectivity index (χ4n) is 5.48. The summed E-state index contributed by atoms with van der Waals surface area (Å²) < 4.78 is 0. The van der Waals surface area contributed by atoms with E-state index >= 15 is 0 Å². The van der Waals surface area contributed by atoms with Crippen LogP contribution in [0.15, 0.2) is 0 Å². The van der Waals surface area contributed by atoms with Gasteiger partial charge in [0.05, 0.1) is 31.7 Å². The largest absolute Gasteiger partial charge is 0.481 e. The van der Waals surface area contributed by atoms with E-state index in [9.17, 15) is 92.3 Å². The maximum absolute atomic E-state index is 13.7. The van der Waals surface area contributed by atoms with Crippen molar-refractivity contribution in [2.45, 2.75) is 126 Å². The second-order valence-electron chi connectivity index (χ2n) is 14.8. The Hall–Kier alpha value is -7.99. The average Bonchev–Trinajstić information content (AvgIpc) is 3.18. The number of amides is 8. The predicted molar refractivity (Wildman–Crippen MR) is 215 cm³/mol. The first-order valence-electron chi connectivity index (χ1n) is 19.6. The van der Waals surface area contributed by atoms with Crippen molar-refractivity contribution >= 4 is 89.0 Å². The summed E-state index contributed by atoms with van der Waals surface area (Å²) in [6.07, 6.45) is -9.00. The summed E-state index contributed by atoms with van der Waals surface area (Å²) in [5.41, 5.74) is 10.8. The van der Waals surface area contributed by atoms with Crippen LogP contribution in [-0.4, -0.2) is 173 Å². The third kappa shape index (κ3) is 24.0. The van der Waals surface area contributed by atoms with Crippen molar-refractivity contribution in [2.24, 2.45) is 17.4 Å². The first-order chi connectivity index (χ1) is 30.9. The minimum atomic E-state index is -2.23. The van der Waals surface area contributed by atoms with Crippen molar-refractivity contribution in [2.75, 3.05) is 0 Å². The Balaban J connectivity index is 6.60. The van der Waals surface area contributed by atoms with Gasteiger partial charge >= 0.3 is 41.8 Å². The Morgan fingerprint density at radius 2 is 0.672 bits per heavy atom. The maximum Gasteiger partial charge on any atom is 0.326 e. The number of hydrogen-bond acceptors (Lipinski definition) is 16. The van der Waals surface area contributed by atoms with Crippen molar-refractivity contribution < 1.29 is 108 Å². The van der Waals surface area contributed by atoms with Crippen LogP contribution in [0.2, 0.25) is 0 Å². The van der Waals surface area contributed by atoms with E-state index < -0.39 is 208 Å². The Morgan fingerprint density at radius 3 is 1.00 bits per heavy atom. The number of nitrogens with one attached hydrogen (secondary N) is 7. The van der Waals surface area contributed by atoms with Crippen molar-refractivity contribution in [3.8, 4) is 0 Å². The second kappa shape index (κ2) is 28.7. The number of hydrogen-bond donors (Lipinski definition) is 16. The smallest absolute Gasteiger partial charge is 0.326 e. The molecule has 0 bridgehead atoms. The van der Waals surface area contributed by atoms with Gasteiger partial charge in [-0.25, -0.2) is 4.79 Å².